The van der Waals surface area contributed by atoms with Crippen LogP contribution in [0.1, 0.15) is 52.3 Å². The second-order valence-corrected chi connectivity index (χ2v) is 8.86. The Morgan fingerprint density at radius 2 is 1.52 bits per heavy atom. The molecule has 0 amide bonds. The van der Waals surface area contributed by atoms with E-state index in [9.17, 15) is 9.90 Å². The molecule has 0 saturated carbocycles. The largest absolute Gasteiger partial charge is 0.496 e. The molecule has 3 rings (SSSR count). The molecule has 0 spiro atoms. The molecule has 33 heavy (non-hydrogen) atoms. The predicted octanol–water partition coefficient (Wildman–Crippen LogP) is 5.85. The first kappa shape index (κ1) is 24.5. The summed E-state index contributed by atoms with van der Waals surface area (Å²) < 4.78 is 5.50. The van der Waals surface area contributed by atoms with Gasteiger partial charge in [-0.2, -0.15) is 0 Å². The van der Waals surface area contributed by atoms with Crippen LogP contribution < -0.4 is 4.74 Å². The molecular weight excluding hydrogens is 412 g/mol. The molecule has 0 radical (unpaired) electrons. The van der Waals surface area contributed by atoms with Gasteiger partial charge in [-0.25, -0.2) is 0 Å². The van der Waals surface area contributed by atoms with Crippen LogP contribution in [-0.4, -0.2) is 23.3 Å². The number of aliphatic carboxylic acids is 1. The van der Waals surface area contributed by atoms with Crippen molar-refractivity contribution in [2.45, 2.75) is 52.1 Å². The minimum absolute atomic E-state index is 0.0216. The molecule has 0 heterocycles. The Morgan fingerprint density at radius 3 is 2.09 bits per heavy atom. The summed E-state index contributed by atoms with van der Waals surface area (Å²) in [6, 6.07) is 22.2. The third-order valence-electron chi connectivity index (χ3n) is 6.23. The molecule has 0 aliphatic carbocycles. The maximum atomic E-state index is 11.4. The number of aryl methyl sites for hydroxylation is 3. The lowest BCUT2D eigenvalue weighted by molar-refractivity contribution is -0.136. The van der Waals surface area contributed by atoms with E-state index in [1.807, 2.05) is 56.3 Å². The van der Waals surface area contributed by atoms with Gasteiger partial charge in [-0.1, -0.05) is 54.6 Å². The highest BCUT2D eigenvalue weighted by Gasteiger charge is 2.23. The minimum atomic E-state index is -0.831. The standard InChI is InChI=1S/C29H34O4/c1-20-16-26(17-21(2)29(20)33-3)28(32)25(11-7-10-22-8-5-4-6-9-22)18-23-12-14-24(15-13-23)19-27(30)31/h4-6,8-9,12-17,25,28,32H,7,10-11,18-19H2,1-3H3,(H,30,31). The number of ether oxygens (including phenoxy) is 1. The summed E-state index contributed by atoms with van der Waals surface area (Å²) in [5.41, 5.74) is 6.15. The van der Waals surface area contributed by atoms with Crippen molar-refractivity contribution in [3.63, 3.8) is 0 Å². The third kappa shape index (κ3) is 6.93. The van der Waals surface area contributed by atoms with Crippen LogP contribution in [0.25, 0.3) is 0 Å². The lowest BCUT2D eigenvalue weighted by Gasteiger charge is -2.25. The number of aliphatic hydroxyl groups excluding tert-OH is 1. The van der Waals surface area contributed by atoms with Gasteiger partial charge in [0.1, 0.15) is 5.75 Å². The monoisotopic (exact) mass is 446 g/mol. The molecule has 0 fully saturated rings. The summed E-state index contributed by atoms with van der Waals surface area (Å²) in [5, 5.41) is 20.4. The molecule has 0 saturated heterocycles. The van der Waals surface area contributed by atoms with Gasteiger partial charge >= 0.3 is 5.97 Å². The smallest absolute Gasteiger partial charge is 0.307 e. The van der Waals surface area contributed by atoms with Crippen molar-refractivity contribution in [1.29, 1.82) is 0 Å². The Labute approximate surface area is 196 Å². The molecule has 0 aliphatic rings. The van der Waals surface area contributed by atoms with Crippen molar-refractivity contribution in [1.82, 2.24) is 0 Å². The molecule has 0 aromatic heterocycles. The van der Waals surface area contributed by atoms with Gasteiger partial charge in [0.15, 0.2) is 0 Å². The Bertz CT molecular complexity index is 1020. The van der Waals surface area contributed by atoms with Gasteiger partial charge in [0.25, 0.3) is 0 Å². The first-order valence-corrected chi connectivity index (χ1v) is 11.5. The average molecular weight is 447 g/mol. The predicted molar refractivity (Wildman–Crippen MR) is 132 cm³/mol. The zero-order valence-corrected chi connectivity index (χ0v) is 19.8. The van der Waals surface area contributed by atoms with Crippen molar-refractivity contribution in [3.8, 4) is 5.75 Å². The molecule has 2 unspecified atom stereocenters. The first-order chi connectivity index (χ1) is 15.9. The van der Waals surface area contributed by atoms with E-state index in [4.69, 9.17) is 9.84 Å². The Kier molecular flexibility index (Phi) is 8.67. The van der Waals surface area contributed by atoms with E-state index in [2.05, 4.69) is 24.3 Å². The molecule has 3 aromatic carbocycles. The lowest BCUT2D eigenvalue weighted by atomic mass is 9.84. The van der Waals surface area contributed by atoms with Gasteiger partial charge in [0.05, 0.1) is 19.6 Å². The van der Waals surface area contributed by atoms with E-state index in [-0.39, 0.29) is 12.3 Å². The van der Waals surface area contributed by atoms with Crippen LogP contribution in [0.2, 0.25) is 0 Å². The number of carboxylic acid groups (broad SMARTS) is 1. The zero-order chi connectivity index (χ0) is 23.8. The molecule has 2 atom stereocenters. The number of methoxy groups -OCH3 is 1. The van der Waals surface area contributed by atoms with Crippen LogP contribution >= 0.6 is 0 Å². The van der Waals surface area contributed by atoms with E-state index < -0.39 is 12.1 Å². The average Bonchev–Trinajstić information content (AvgIpc) is 2.79. The van der Waals surface area contributed by atoms with Gasteiger partial charge in [0, 0.05) is 0 Å². The lowest BCUT2D eigenvalue weighted by Crippen LogP contribution is -2.17. The number of hydrogen-bond acceptors (Lipinski definition) is 3. The highest BCUT2D eigenvalue weighted by Crippen LogP contribution is 2.34. The summed E-state index contributed by atoms with van der Waals surface area (Å²) in [4.78, 5) is 11.0. The van der Waals surface area contributed by atoms with Gasteiger partial charge in [-0.05, 0) is 91.0 Å². The molecule has 0 aliphatic heterocycles. The van der Waals surface area contributed by atoms with Crippen molar-refractivity contribution in [2.75, 3.05) is 7.11 Å². The summed E-state index contributed by atoms with van der Waals surface area (Å²) in [6.07, 6.45) is 3.00. The highest BCUT2D eigenvalue weighted by atomic mass is 16.5. The molecule has 0 bridgehead atoms. The van der Waals surface area contributed by atoms with Crippen LogP contribution in [0.4, 0.5) is 0 Å². The highest BCUT2D eigenvalue weighted by molar-refractivity contribution is 5.70. The summed E-state index contributed by atoms with van der Waals surface area (Å²) in [5.74, 6) is 0.0778. The molecule has 3 aromatic rings. The summed E-state index contributed by atoms with van der Waals surface area (Å²) >= 11 is 0. The van der Waals surface area contributed by atoms with Crippen molar-refractivity contribution >= 4 is 5.97 Å². The molecular formula is C29H34O4. The third-order valence-corrected chi connectivity index (χ3v) is 6.23. The second-order valence-electron chi connectivity index (χ2n) is 8.86. The maximum Gasteiger partial charge on any atom is 0.307 e. The fourth-order valence-corrected chi connectivity index (χ4v) is 4.60. The number of carboxylic acids is 1. The van der Waals surface area contributed by atoms with Gasteiger partial charge in [0.2, 0.25) is 0 Å². The Balaban J connectivity index is 1.78. The number of benzene rings is 3. The van der Waals surface area contributed by atoms with E-state index in [1.54, 1.807) is 7.11 Å². The van der Waals surface area contributed by atoms with Crippen LogP contribution in [0.15, 0.2) is 66.7 Å². The topological polar surface area (TPSA) is 66.8 Å². The molecule has 2 N–H and O–H groups in total. The van der Waals surface area contributed by atoms with E-state index in [1.165, 1.54) is 5.56 Å². The summed E-state index contributed by atoms with van der Waals surface area (Å²) in [7, 11) is 1.67. The van der Waals surface area contributed by atoms with Crippen molar-refractivity contribution < 1.29 is 19.7 Å². The second kappa shape index (κ2) is 11.7. The SMILES string of the molecule is COc1c(C)cc(C(O)C(CCCc2ccccc2)Cc2ccc(CC(=O)O)cc2)cc1C. The van der Waals surface area contributed by atoms with Gasteiger partial charge < -0.3 is 14.9 Å². The fourth-order valence-electron chi connectivity index (χ4n) is 4.60. The maximum absolute atomic E-state index is 11.4. The van der Waals surface area contributed by atoms with Crippen LogP contribution in [0, 0.1) is 19.8 Å². The van der Waals surface area contributed by atoms with Crippen LogP contribution in [0.3, 0.4) is 0 Å². The molecule has 4 nitrogen and oxygen atoms in total. The van der Waals surface area contributed by atoms with Crippen LogP contribution in [-0.2, 0) is 24.1 Å². The van der Waals surface area contributed by atoms with E-state index in [0.29, 0.717) is 0 Å². The number of hydrogen-bond donors (Lipinski definition) is 2. The van der Waals surface area contributed by atoms with E-state index in [0.717, 1.165) is 59.3 Å². The van der Waals surface area contributed by atoms with Crippen LogP contribution in [0.5, 0.6) is 5.75 Å². The Morgan fingerprint density at radius 1 is 0.909 bits per heavy atom. The van der Waals surface area contributed by atoms with Crippen molar-refractivity contribution in [3.05, 3.63) is 100 Å². The zero-order valence-electron chi connectivity index (χ0n) is 19.8. The summed E-state index contributed by atoms with van der Waals surface area (Å²) in [6.45, 7) is 4.02. The minimum Gasteiger partial charge on any atom is -0.496 e. The van der Waals surface area contributed by atoms with Crippen molar-refractivity contribution in [2.24, 2.45) is 5.92 Å². The van der Waals surface area contributed by atoms with Gasteiger partial charge in [-0.3, -0.25) is 4.79 Å². The van der Waals surface area contributed by atoms with E-state index >= 15 is 0 Å². The number of carbonyl (C=O) groups is 1. The molecule has 174 valence electrons. The normalized spacial score (nSPS) is 12.8. The first-order valence-electron chi connectivity index (χ1n) is 11.5. The fraction of sp³-hybridized carbons (Fsp3) is 0.345. The number of rotatable bonds is 11. The number of aliphatic hydroxyl groups is 1. The molecule has 4 heteroatoms. The van der Waals surface area contributed by atoms with Gasteiger partial charge in [-0.15, -0.1) is 0 Å². The quantitative estimate of drug-likeness (QED) is 0.387. The Hall–Kier alpha value is -3.11.